The van der Waals surface area contributed by atoms with Crippen molar-refractivity contribution in [1.29, 1.82) is 0 Å². The number of nitrogens with one attached hydrogen (secondary N) is 1. The molecule has 61 heavy (non-hydrogen) atoms. The predicted molar refractivity (Wildman–Crippen MR) is 225 cm³/mol. The molecule has 1 amide bonds. The van der Waals surface area contributed by atoms with Crippen LogP contribution in [-0.4, -0.2) is 90.7 Å². The van der Waals surface area contributed by atoms with Gasteiger partial charge in [0.15, 0.2) is 12.6 Å². The molecular formula is C49H55NO11. The van der Waals surface area contributed by atoms with E-state index < -0.39 is 61.3 Å². The first-order valence-electron chi connectivity index (χ1n) is 20.7. The first-order chi connectivity index (χ1) is 29.9. The molecule has 2 aliphatic heterocycles. The number of rotatable bonds is 20. The minimum Gasteiger partial charge on any atom is -0.388 e. The summed E-state index contributed by atoms with van der Waals surface area (Å²) in [6, 6.07) is 47.2. The second kappa shape index (κ2) is 22.9. The van der Waals surface area contributed by atoms with Gasteiger partial charge in [-0.05, 0) is 27.8 Å². The Morgan fingerprint density at radius 1 is 0.508 bits per heavy atom. The minimum atomic E-state index is -1.43. The van der Waals surface area contributed by atoms with Gasteiger partial charge >= 0.3 is 0 Å². The highest BCUT2D eigenvalue weighted by molar-refractivity contribution is 5.73. The molecule has 12 nitrogen and oxygen atoms in total. The molecule has 12 heteroatoms. The van der Waals surface area contributed by atoms with Gasteiger partial charge in [-0.3, -0.25) is 4.79 Å². The number of carbonyl (C=O) groups excluding carboxylic acids is 1. The van der Waals surface area contributed by atoms with Crippen molar-refractivity contribution in [2.24, 2.45) is 0 Å². The highest BCUT2D eigenvalue weighted by Gasteiger charge is 2.53. The molecule has 5 aromatic carbocycles. The summed E-state index contributed by atoms with van der Waals surface area (Å²) in [5.74, 6) is -0.388. The molecule has 0 saturated carbocycles. The number of ether oxygens (including phenoxy) is 8. The Labute approximate surface area is 357 Å². The van der Waals surface area contributed by atoms with Gasteiger partial charge in [-0.1, -0.05) is 152 Å². The smallest absolute Gasteiger partial charge is 0.217 e. The van der Waals surface area contributed by atoms with E-state index >= 15 is 0 Å². The number of benzene rings is 5. The molecule has 0 aromatic heterocycles. The number of hydrogen-bond donors (Lipinski definition) is 3. The largest absolute Gasteiger partial charge is 0.388 e. The van der Waals surface area contributed by atoms with Crippen molar-refractivity contribution in [2.45, 2.75) is 101 Å². The zero-order chi connectivity index (χ0) is 42.2. The van der Waals surface area contributed by atoms with Crippen LogP contribution in [0.3, 0.4) is 0 Å². The van der Waals surface area contributed by atoms with Crippen LogP contribution in [0.15, 0.2) is 152 Å². The fraction of sp³-hybridized carbons (Fsp3) is 0.367. The van der Waals surface area contributed by atoms with Gasteiger partial charge in [-0.25, -0.2) is 0 Å². The average Bonchev–Trinajstić information content (AvgIpc) is 3.29. The molecule has 2 saturated heterocycles. The predicted octanol–water partition coefficient (Wildman–Crippen LogP) is 5.87. The van der Waals surface area contributed by atoms with Gasteiger partial charge in [0.25, 0.3) is 0 Å². The Balaban J connectivity index is 1.21. The molecule has 7 rings (SSSR count). The van der Waals surface area contributed by atoms with E-state index in [0.29, 0.717) is 0 Å². The maximum absolute atomic E-state index is 13.0. The van der Waals surface area contributed by atoms with Gasteiger partial charge in [-0.2, -0.15) is 0 Å². The van der Waals surface area contributed by atoms with Crippen molar-refractivity contribution < 1.29 is 52.9 Å². The van der Waals surface area contributed by atoms with Crippen molar-refractivity contribution in [3.05, 3.63) is 179 Å². The second-order valence-electron chi connectivity index (χ2n) is 15.2. The highest BCUT2D eigenvalue weighted by Crippen LogP contribution is 2.34. The van der Waals surface area contributed by atoms with Crippen LogP contribution in [0.2, 0.25) is 0 Å². The lowest BCUT2D eigenvalue weighted by atomic mass is 9.94. The van der Waals surface area contributed by atoms with Gasteiger partial charge in [0.05, 0.1) is 46.2 Å². The van der Waals surface area contributed by atoms with E-state index in [0.717, 1.165) is 27.8 Å². The lowest BCUT2D eigenvalue weighted by Gasteiger charge is -2.49. The maximum Gasteiger partial charge on any atom is 0.217 e. The van der Waals surface area contributed by atoms with Crippen molar-refractivity contribution >= 4 is 5.91 Å². The zero-order valence-electron chi connectivity index (χ0n) is 34.2. The lowest BCUT2D eigenvalue weighted by molar-refractivity contribution is -0.355. The topological polar surface area (TPSA) is 143 Å². The third-order valence-corrected chi connectivity index (χ3v) is 10.6. The highest BCUT2D eigenvalue weighted by atomic mass is 16.7. The van der Waals surface area contributed by atoms with E-state index in [9.17, 15) is 15.0 Å². The third kappa shape index (κ3) is 12.9. The number of aliphatic hydroxyl groups is 2. The van der Waals surface area contributed by atoms with E-state index in [1.165, 1.54) is 6.92 Å². The maximum atomic E-state index is 13.0. The molecule has 5 aromatic rings. The lowest BCUT2D eigenvalue weighted by Crippen LogP contribution is -2.68. The number of carbonyl (C=O) groups is 1. The standard InChI is InChI=1S/C49H55NO11/c1-34(51)50-42-45(56-29-37-21-11-4-12-22-37)43(52)40(32-54-27-35-17-7-2-8-18-35)60-49(42)61-44-41(33-55-28-36-19-9-3-10-20-36)59-48(53)47(58-31-39-25-15-6-16-26-39)46(44)57-30-38-23-13-5-14-24-38/h2-26,40-49,52-53H,27-33H2,1H3,(H,50,51)/t40-,41-,42+,43-,44-,45-,46+,47-,48+,49+/m1/s1. The van der Waals surface area contributed by atoms with Crippen molar-refractivity contribution in [3.8, 4) is 0 Å². The van der Waals surface area contributed by atoms with E-state index in [-0.39, 0.29) is 52.2 Å². The van der Waals surface area contributed by atoms with E-state index in [2.05, 4.69) is 5.32 Å². The summed E-state index contributed by atoms with van der Waals surface area (Å²) in [6.45, 7) is 2.33. The van der Waals surface area contributed by atoms with Gasteiger partial charge in [0.2, 0.25) is 5.91 Å². The number of aliphatic hydroxyl groups excluding tert-OH is 2. The van der Waals surface area contributed by atoms with Crippen LogP contribution in [0.1, 0.15) is 34.7 Å². The summed E-state index contributed by atoms with van der Waals surface area (Å²) in [6.07, 6.45) is -9.79. The molecule has 0 spiro atoms. The van der Waals surface area contributed by atoms with E-state index in [1.54, 1.807) is 0 Å². The van der Waals surface area contributed by atoms with Gasteiger partial charge in [-0.15, -0.1) is 0 Å². The second-order valence-corrected chi connectivity index (χ2v) is 15.2. The summed E-state index contributed by atoms with van der Waals surface area (Å²) in [4.78, 5) is 13.0. The minimum absolute atomic E-state index is 0.00901. The SMILES string of the molecule is CC(=O)N[C@@H]1[C@H](O[C@H]2[C@H](OCc3ccccc3)[C@@H](OCc3ccccc3)[C@@H](O)O[C@@H]2COCc2ccccc2)O[C@H](COCc2ccccc2)[C@@H](O)[C@@H]1OCc1ccccc1. The van der Waals surface area contributed by atoms with E-state index in [1.807, 2.05) is 152 Å². The van der Waals surface area contributed by atoms with Crippen molar-refractivity contribution in [3.63, 3.8) is 0 Å². The first kappa shape index (κ1) is 44.2. The molecular weight excluding hydrogens is 779 g/mol. The van der Waals surface area contributed by atoms with Gasteiger partial charge in [0.1, 0.15) is 48.8 Å². The fourth-order valence-corrected chi connectivity index (χ4v) is 7.51. The summed E-state index contributed by atoms with van der Waals surface area (Å²) < 4.78 is 51.9. The molecule has 2 fully saturated rings. The van der Waals surface area contributed by atoms with Crippen molar-refractivity contribution in [2.75, 3.05) is 13.2 Å². The zero-order valence-corrected chi connectivity index (χ0v) is 34.2. The fourth-order valence-electron chi connectivity index (χ4n) is 7.51. The Morgan fingerprint density at radius 3 is 1.34 bits per heavy atom. The first-order valence-corrected chi connectivity index (χ1v) is 20.7. The van der Waals surface area contributed by atoms with Crippen molar-refractivity contribution in [1.82, 2.24) is 5.32 Å². The van der Waals surface area contributed by atoms with Crippen LogP contribution in [0, 0.1) is 0 Å². The summed E-state index contributed by atoms with van der Waals surface area (Å²) in [5, 5.41) is 26.6. The molecule has 10 atom stereocenters. The molecule has 2 aliphatic rings. The van der Waals surface area contributed by atoms with Crippen LogP contribution in [-0.2, 0) is 75.7 Å². The molecule has 2 heterocycles. The average molecular weight is 834 g/mol. The Hall–Kier alpha value is -4.83. The Morgan fingerprint density at radius 2 is 0.902 bits per heavy atom. The van der Waals surface area contributed by atoms with Gasteiger partial charge < -0.3 is 53.4 Å². The molecule has 322 valence electrons. The number of amides is 1. The normalized spacial score (nSPS) is 26.4. The summed E-state index contributed by atoms with van der Waals surface area (Å²) in [7, 11) is 0. The summed E-state index contributed by atoms with van der Waals surface area (Å²) in [5.41, 5.74) is 4.54. The molecule has 0 unspecified atom stereocenters. The van der Waals surface area contributed by atoms with E-state index in [4.69, 9.17) is 37.9 Å². The van der Waals surface area contributed by atoms with Crippen LogP contribution in [0.25, 0.3) is 0 Å². The Kier molecular flexibility index (Phi) is 16.6. The quantitative estimate of drug-likeness (QED) is 0.0867. The number of hydrogen-bond acceptors (Lipinski definition) is 11. The third-order valence-electron chi connectivity index (χ3n) is 10.6. The van der Waals surface area contributed by atoms with Crippen LogP contribution in [0.5, 0.6) is 0 Å². The summed E-state index contributed by atoms with van der Waals surface area (Å²) >= 11 is 0. The van der Waals surface area contributed by atoms with Gasteiger partial charge in [0, 0.05) is 6.92 Å². The molecule has 0 aliphatic carbocycles. The monoisotopic (exact) mass is 833 g/mol. The van der Waals surface area contributed by atoms with Crippen LogP contribution in [0.4, 0.5) is 0 Å². The van der Waals surface area contributed by atoms with Crippen LogP contribution < -0.4 is 5.32 Å². The van der Waals surface area contributed by atoms with Crippen LogP contribution >= 0.6 is 0 Å². The molecule has 3 N–H and O–H groups in total. The molecule has 0 bridgehead atoms. The Bertz CT molecular complexity index is 2000. The molecule has 0 radical (unpaired) electrons.